The molecule has 0 aliphatic carbocycles. The monoisotopic (exact) mass is 274 g/mol. The van der Waals surface area contributed by atoms with Crippen molar-refractivity contribution >= 4 is 17.7 Å². The standard InChI is InChI=1S/C14H14N2O2S/c1-9(2)10-3-5-11(6-4-10)19-13-12(14(17)18)15-7-8-16-13/h3-9H,1-2H3,(H,17,18). The number of carboxylic acid groups (broad SMARTS) is 1. The number of nitrogens with zero attached hydrogens (tertiary/aromatic N) is 2. The molecule has 0 saturated heterocycles. The molecule has 19 heavy (non-hydrogen) atoms. The zero-order valence-corrected chi connectivity index (χ0v) is 11.5. The Balaban J connectivity index is 2.24. The molecule has 0 saturated carbocycles. The summed E-state index contributed by atoms with van der Waals surface area (Å²) in [6.45, 7) is 4.26. The van der Waals surface area contributed by atoms with Gasteiger partial charge in [-0.1, -0.05) is 37.7 Å². The van der Waals surface area contributed by atoms with Crippen LogP contribution >= 0.6 is 11.8 Å². The van der Waals surface area contributed by atoms with Gasteiger partial charge in [0.05, 0.1) is 0 Å². The molecule has 98 valence electrons. The summed E-state index contributed by atoms with van der Waals surface area (Å²) in [4.78, 5) is 19.9. The van der Waals surface area contributed by atoms with Crippen LogP contribution in [0.25, 0.3) is 0 Å². The van der Waals surface area contributed by atoms with Crippen molar-refractivity contribution in [1.82, 2.24) is 9.97 Å². The SMILES string of the molecule is CC(C)c1ccc(Sc2nccnc2C(=O)O)cc1. The van der Waals surface area contributed by atoms with E-state index in [2.05, 4.69) is 23.8 Å². The molecule has 2 aromatic rings. The zero-order valence-electron chi connectivity index (χ0n) is 10.7. The second-order valence-electron chi connectivity index (χ2n) is 4.34. The Bertz CT molecular complexity index is 582. The number of carboxylic acids is 1. The van der Waals surface area contributed by atoms with Gasteiger partial charge in [0.1, 0.15) is 5.03 Å². The van der Waals surface area contributed by atoms with E-state index in [9.17, 15) is 4.79 Å². The topological polar surface area (TPSA) is 63.1 Å². The number of aromatic nitrogens is 2. The minimum Gasteiger partial charge on any atom is -0.476 e. The Morgan fingerprint density at radius 1 is 1.16 bits per heavy atom. The first-order valence-electron chi connectivity index (χ1n) is 5.90. The molecular formula is C14H14N2O2S. The van der Waals surface area contributed by atoms with E-state index in [0.717, 1.165) is 4.90 Å². The molecule has 0 atom stereocenters. The molecule has 1 heterocycles. The quantitative estimate of drug-likeness (QED) is 0.925. The number of aromatic carboxylic acids is 1. The van der Waals surface area contributed by atoms with Gasteiger partial charge in [0, 0.05) is 17.3 Å². The average molecular weight is 274 g/mol. The minimum absolute atomic E-state index is 0.0135. The Morgan fingerprint density at radius 2 is 1.79 bits per heavy atom. The van der Waals surface area contributed by atoms with Crippen LogP contribution in [0.1, 0.15) is 35.8 Å². The predicted octanol–water partition coefficient (Wildman–Crippen LogP) is 3.45. The predicted molar refractivity (Wildman–Crippen MR) is 73.6 cm³/mol. The van der Waals surface area contributed by atoms with Crippen molar-refractivity contribution < 1.29 is 9.90 Å². The average Bonchev–Trinajstić information content (AvgIpc) is 2.39. The van der Waals surface area contributed by atoms with Gasteiger partial charge in [-0.2, -0.15) is 0 Å². The van der Waals surface area contributed by atoms with Crippen molar-refractivity contribution in [2.24, 2.45) is 0 Å². The molecule has 0 fully saturated rings. The summed E-state index contributed by atoms with van der Waals surface area (Å²) in [6.07, 6.45) is 2.88. The molecule has 1 aromatic heterocycles. The summed E-state index contributed by atoms with van der Waals surface area (Å²) in [5, 5.41) is 9.45. The molecule has 0 aliphatic heterocycles. The number of rotatable bonds is 4. The number of hydrogen-bond acceptors (Lipinski definition) is 4. The molecule has 2 rings (SSSR count). The maximum Gasteiger partial charge on any atom is 0.357 e. The summed E-state index contributed by atoms with van der Waals surface area (Å²) in [5.74, 6) is -0.584. The fourth-order valence-electron chi connectivity index (χ4n) is 1.58. The van der Waals surface area contributed by atoms with Crippen molar-refractivity contribution in [3.05, 3.63) is 47.9 Å². The van der Waals surface area contributed by atoms with Crippen LogP contribution in [0.3, 0.4) is 0 Å². The fourth-order valence-corrected chi connectivity index (χ4v) is 2.42. The van der Waals surface area contributed by atoms with E-state index >= 15 is 0 Å². The highest BCUT2D eigenvalue weighted by Gasteiger charge is 2.13. The van der Waals surface area contributed by atoms with Crippen LogP contribution in [0, 0.1) is 0 Å². The lowest BCUT2D eigenvalue weighted by Gasteiger charge is -2.07. The van der Waals surface area contributed by atoms with Gasteiger partial charge in [-0.15, -0.1) is 0 Å². The normalized spacial score (nSPS) is 10.7. The molecule has 0 unspecified atom stereocenters. The fraction of sp³-hybridized carbons (Fsp3) is 0.214. The van der Waals surface area contributed by atoms with Crippen LogP contribution in [-0.4, -0.2) is 21.0 Å². The first-order valence-corrected chi connectivity index (χ1v) is 6.71. The molecule has 5 heteroatoms. The van der Waals surface area contributed by atoms with Gasteiger partial charge in [-0.3, -0.25) is 0 Å². The van der Waals surface area contributed by atoms with Gasteiger partial charge < -0.3 is 5.11 Å². The first kappa shape index (κ1) is 13.5. The zero-order chi connectivity index (χ0) is 13.8. The maximum atomic E-state index is 11.0. The molecule has 4 nitrogen and oxygen atoms in total. The molecule has 0 spiro atoms. The van der Waals surface area contributed by atoms with E-state index in [4.69, 9.17) is 5.11 Å². The molecule has 0 amide bonds. The van der Waals surface area contributed by atoms with E-state index in [-0.39, 0.29) is 5.69 Å². The van der Waals surface area contributed by atoms with Gasteiger partial charge in [0.25, 0.3) is 0 Å². The molecule has 0 bridgehead atoms. The van der Waals surface area contributed by atoms with Crippen molar-refractivity contribution in [3.8, 4) is 0 Å². The largest absolute Gasteiger partial charge is 0.476 e. The van der Waals surface area contributed by atoms with Gasteiger partial charge in [-0.25, -0.2) is 14.8 Å². The van der Waals surface area contributed by atoms with Gasteiger partial charge >= 0.3 is 5.97 Å². The van der Waals surface area contributed by atoms with E-state index in [1.807, 2.05) is 24.3 Å². The summed E-state index contributed by atoms with van der Waals surface area (Å²) in [7, 11) is 0. The van der Waals surface area contributed by atoms with E-state index < -0.39 is 5.97 Å². The molecule has 1 aromatic carbocycles. The second kappa shape index (κ2) is 5.84. The molecule has 1 N–H and O–H groups in total. The highest BCUT2D eigenvalue weighted by atomic mass is 32.2. The Hall–Kier alpha value is -1.88. The third kappa shape index (κ3) is 3.32. The van der Waals surface area contributed by atoms with Crippen LogP contribution in [0.2, 0.25) is 0 Å². The minimum atomic E-state index is -1.06. The molecule has 0 aliphatic rings. The molecule has 0 radical (unpaired) electrons. The Labute approximate surface area is 115 Å². The van der Waals surface area contributed by atoms with Crippen molar-refractivity contribution in [3.63, 3.8) is 0 Å². The lowest BCUT2D eigenvalue weighted by atomic mass is 10.0. The van der Waals surface area contributed by atoms with E-state index in [0.29, 0.717) is 10.9 Å². The number of carbonyl (C=O) groups is 1. The third-order valence-electron chi connectivity index (χ3n) is 2.63. The van der Waals surface area contributed by atoms with E-state index in [1.165, 1.54) is 29.7 Å². The van der Waals surface area contributed by atoms with Crippen molar-refractivity contribution in [2.75, 3.05) is 0 Å². The highest BCUT2D eigenvalue weighted by molar-refractivity contribution is 7.99. The third-order valence-corrected chi connectivity index (χ3v) is 3.63. The summed E-state index contributed by atoms with van der Waals surface area (Å²) in [5.41, 5.74) is 1.24. The summed E-state index contributed by atoms with van der Waals surface area (Å²) in [6, 6.07) is 8.04. The molecular weight excluding hydrogens is 260 g/mol. The van der Waals surface area contributed by atoms with Crippen LogP contribution < -0.4 is 0 Å². The Morgan fingerprint density at radius 3 is 2.37 bits per heavy atom. The Kier molecular flexibility index (Phi) is 4.16. The van der Waals surface area contributed by atoms with Crippen LogP contribution in [0.4, 0.5) is 0 Å². The van der Waals surface area contributed by atoms with Gasteiger partial charge in [-0.05, 0) is 23.6 Å². The van der Waals surface area contributed by atoms with Crippen LogP contribution in [-0.2, 0) is 0 Å². The summed E-state index contributed by atoms with van der Waals surface area (Å²) < 4.78 is 0. The van der Waals surface area contributed by atoms with E-state index in [1.54, 1.807) is 0 Å². The van der Waals surface area contributed by atoms with Gasteiger partial charge in [0.15, 0.2) is 5.69 Å². The smallest absolute Gasteiger partial charge is 0.357 e. The van der Waals surface area contributed by atoms with Crippen molar-refractivity contribution in [2.45, 2.75) is 29.7 Å². The number of hydrogen-bond donors (Lipinski definition) is 1. The van der Waals surface area contributed by atoms with Crippen LogP contribution in [0.5, 0.6) is 0 Å². The highest BCUT2D eigenvalue weighted by Crippen LogP contribution is 2.28. The van der Waals surface area contributed by atoms with Gasteiger partial charge in [0.2, 0.25) is 0 Å². The second-order valence-corrected chi connectivity index (χ2v) is 5.40. The summed E-state index contributed by atoms with van der Waals surface area (Å²) >= 11 is 1.31. The lowest BCUT2D eigenvalue weighted by Crippen LogP contribution is -2.03. The lowest BCUT2D eigenvalue weighted by molar-refractivity contribution is 0.0685. The first-order chi connectivity index (χ1) is 9.08. The maximum absolute atomic E-state index is 11.0. The van der Waals surface area contributed by atoms with Crippen LogP contribution in [0.15, 0.2) is 46.6 Å². The van der Waals surface area contributed by atoms with Crippen molar-refractivity contribution in [1.29, 1.82) is 0 Å². The number of benzene rings is 1.